The van der Waals surface area contributed by atoms with Crippen LogP contribution in [0.15, 0.2) is 60.7 Å². The number of fused-ring (bicyclic) bond motifs is 1. The molecule has 0 spiro atoms. The Labute approximate surface area is 115 Å². The minimum atomic E-state index is -1.13. The van der Waals surface area contributed by atoms with Crippen LogP contribution in [0.2, 0.25) is 0 Å². The van der Waals surface area contributed by atoms with Crippen molar-refractivity contribution in [2.24, 2.45) is 0 Å². The van der Waals surface area contributed by atoms with Crippen LogP contribution in [-0.4, -0.2) is 16.2 Å². The predicted molar refractivity (Wildman–Crippen MR) is 78.0 cm³/mol. The number of carboxylic acid groups (broad SMARTS) is 1. The van der Waals surface area contributed by atoms with E-state index in [1.807, 2.05) is 54.6 Å². The molecule has 3 aromatic carbocycles. The maximum atomic E-state index is 11.5. The third-order valence-corrected chi connectivity index (χ3v) is 3.30. The number of hydrogen-bond acceptors (Lipinski definition) is 2. The fraction of sp³-hybridized carbons (Fsp3) is 0. The molecule has 0 amide bonds. The monoisotopic (exact) mass is 264 g/mol. The van der Waals surface area contributed by atoms with Crippen molar-refractivity contribution in [3.05, 3.63) is 66.2 Å². The summed E-state index contributed by atoms with van der Waals surface area (Å²) in [5, 5.41) is 21.1. The summed E-state index contributed by atoms with van der Waals surface area (Å²) >= 11 is 0. The van der Waals surface area contributed by atoms with Crippen LogP contribution in [0.4, 0.5) is 0 Å². The average molecular weight is 264 g/mol. The van der Waals surface area contributed by atoms with Gasteiger partial charge < -0.3 is 10.2 Å². The summed E-state index contributed by atoms with van der Waals surface area (Å²) in [6.07, 6.45) is 0. The Morgan fingerprint density at radius 3 is 2.25 bits per heavy atom. The molecule has 0 aliphatic rings. The largest absolute Gasteiger partial charge is 0.507 e. The van der Waals surface area contributed by atoms with Gasteiger partial charge in [0.15, 0.2) is 0 Å². The number of carboxylic acids is 1. The molecule has 0 radical (unpaired) electrons. The molecular weight excluding hydrogens is 252 g/mol. The summed E-state index contributed by atoms with van der Waals surface area (Å²) in [5.74, 6) is -1.35. The first kappa shape index (κ1) is 12.2. The lowest BCUT2D eigenvalue weighted by Gasteiger charge is -2.12. The molecule has 0 saturated carbocycles. The number of phenols is 1. The van der Waals surface area contributed by atoms with Crippen molar-refractivity contribution in [2.75, 3.05) is 0 Å². The lowest BCUT2D eigenvalue weighted by atomic mass is 9.92. The van der Waals surface area contributed by atoms with Gasteiger partial charge in [0, 0.05) is 5.56 Å². The highest BCUT2D eigenvalue weighted by molar-refractivity contribution is 6.09. The zero-order chi connectivity index (χ0) is 14.1. The predicted octanol–water partition coefficient (Wildman–Crippen LogP) is 3.91. The van der Waals surface area contributed by atoms with Gasteiger partial charge in [-0.1, -0.05) is 54.6 Å². The molecule has 20 heavy (non-hydrogen) atoms. The van der Waals surface area contributed by atoms with Gasteiger partial charge in [-0.25, -0.2) is 4.79 Å². The zero-order valence-electron chi connectivity index (χ0n) is 10.6. The van der Waals surface area contributed by atoms with Crippen molar-refractivity contribution in [2.45, 2.75) is 0 Å². The van der Waals surface area contributed by atoms with Crippen molar-refractivity contribution in [3.63, 3.8) is 0 Å². The van der Waals surface area contributed by atoms with E-state index >= 15 is 0 Å². The Morgan fingerprint density at radius 2 is 1.55 bits per heavy atom. The van der Waals surface area contributed by atoms with Gasteiger partial charge in [-0.2, -0.15) is 0 Å². The van der Waals surface area contributed by atoms with Gasteiger partial charge in [-0.15, -0.1) is 0 Å². The van der Waals surface area contributed by atoms with E-state index < -0.39 is 5.97 Å². The van der Waals surface area contributed by atoms with Gasteiger partial charge in [0.1, 0.15) is 11.3 Å². The van der Waals surface area contributed by atoms with Crippen molar-refractivity contribution < 1.29 is 15.0 Å². The average Bonchev–Trinajstić information content (AvgIpc) is 2.46. The highest BCUT2D eigenvalue weighted by Gasteiger charge is 2.19. The number of rotatable bonds is 2. The summed E-state index contributed by atoms with van der Waals surface area (Å²) in [6, 6.07) is 18.2. The van der Waals surface area contributed by atoms with Crippen molar-refractivity contribution in [1.29, 1.82) is 0 Å². The van der Waals surface area contributed by atoms with Gasteiger partial charge in [-0.3, -0.25) is 0 Å². The Hall–Kier alpha value is -2.81. The summed E-state index contributed by atoms with van der Waals surface area (Å²) in [6.45, 7) is 0. The first-order valence-electron chi connectivity index (χ1n) is 6.22. The molecule has 0 fully saturated rings. The van der Waals surface area contributed by atoms with E-state index in [1.54, 1.807) is 0 Å². The number of hydrogen-bond donors (Lipinski definition) is 2. The minimum absolute atomic E-state index is 0.0603. The summed E-state index contributed by atoms with van der Waals surface area (Å²) in [4.78, 5) is 11.5. The summed E-state index contributed by atoms with van der Waals surface area (Å²) in [5.41, 5.74) is 1.26. The van der Waals surface area contributed by atoms with Gasteiger partial charge in [0.2, 0.25) is 0 Å². The van der Waals surface area contributed by atoms with Crippen LogP contribution in [0.1, 0.15) is 10.4 Å². The van der Waals surface area contributed by atoms with Crippen molar-refractivity contribution in [1.82, 2.24) is 0 Å². The second-order valence-electron chi connectivity index (χ2n) is 4.54. The van der Waals surface area contributed by atoms with E-state index in [0.717, 1.165) is 16.3 Å². The second kappa shape index (κ2) is 4.70. The highest BCUT2D eigenvalue weighted by atomic mass is 16.4. The standard InChI is InChI=1S/C17H12O3/c18-14-10-12-8-4-5-9-13(12)15(16(14)17(19)20)11-6-2-1-3-7-11/h1-10,18H,(H,19,20). The molecule has 0 unspecified atom stereocenters. The van der Waals surface area contributed by atoms with Crippen molar-refractivity contribution >= 4 is 16.7 Å². The number of aromatic hydroxyl groups is 1. The van der Waals surface area contributed by atoms with E-state index in [1.165, 1.54) is 6.07 Å². The third kappa shape index (κ3) is 1.89. The van der Waals surface area contributed by atoms with E-state index in [9.17, 15) is 15.0 Å². The Morgan fingerprint density at radius 1 is 0.900 bits per heavy atom. The first-order chi connectivity index (χ1) is 9.68. The molecule has 0 aliphatic heterocycles. The molecule has 3 rings (SSSR count). The van der Waals surface area contributed by atoms with Gasteiger partial charge in [0.05, 0.1) is 0 Å². The van der Waals surface area contributed by atoms with Crippen LogP contribution in [0.25, 0.3) is 21.9 Å². The second-order valence-corrected chi connectivity index (χ2v) is 4.54. The number of carbonyl (C=O) groups is 1. The Kier molecular flexibility index (Phi) is 2.88. The molecule has 0 saturated heterocycles. The fourth-order valence-corrected chi connectivity index (χ4v) is 2.45. The quantitative estimate of drug-likeness (QED) is 0.737. The van der Waals surface area contributed by atoms with Gasteiger partial charge >= 0.3 is 5.97 Å². The van der Waals surface area contributed by atoms with E-state index in [2.05, 4.69) is 0 Å². The number of aromatic carboxylic acids is 1. The van der Waals surface area contributed by atoms with Crippen LogP contribution in [0, 0.1) is 0 Å². The van der Waals surface area contributed by atoms with Crippen LogP contribution < -0.4 is 0 Å². The molecular formula is C17H12O3. The minimum Gasteiger partial charge on any atom is -0.507 e. The molecule has 2 N–H and O–H groups in total. The summed E-state index contributed by atoms with van der Waals surface area (Å²) in [7, 11) is 0. The van der Waals surface area contributed by atoms with E-state index in [0.29, 0.717) is 5.56 Å². The topological polar surface area (TPSA) is 57.5 Å². The molecule has 0 aliphatic carbocycles. The lowest BCUT2D eigenvalue weighted by Crippen LogP contribution is -2.01. The summed E-state index contributed by atoms with van der Waals surface area (Å²) < 4.78 is 0. The fourth-order valence-electron chi connectivity index (χ4n) is 2.45. The molecule has 0 aromatic heterocycles. The van der Waals surface area contributed by atoms with Crippen LogP contribution >= 0.6 is 0 Å². The van der Waals surface area contributed by atoms with Gasteiger partial charge in [-0.05, 0) is 22.4 Å². The molecule has 0 bridgehead atoms. The van der Waals surface area contributed by atoms with Crippen molar-refractivity contribution in [3.8, 4) is 16.9 Å². The van der Waals surface area contributed by atoms with Crippen LogP contribution in [0.5, 0.6) is 5.75 Å². The first-order valence-corrected chi connectivity index (χ1v) is 6.22. The normalized spacial score (nSPS) is 10.6. The molecule has 3 aromatic rings. The van der Waals surface area contributed by atoms with Crippen LogP contribution in [-0.2, 0) is 0 Å². The molecule has 0 heterocycles. The number of benzene rings is 3. The highest BCUT2D eigenvalue weighted by Crippen LogP contribution is 2.37. The SMILES string of the molecule is O=C(O)c1c(O)cc2ccccc2c1-c1ccccc1. The third-order valence-electron chi connectivity index (χ3n) is 3.30. The van der Waals surface area contributed by atoms with E-state index in [-0.39, 0.29) is 11.3 Å². The van der Waals surface area contributed by atoms with Crippen LogP contribution in [0.3, 0.4) is 0 Å². The maximum absolute atomic E-state index is 11.5. The Balaban J connectivity index is 2.48. The molecule has 3 heteroatoms. The molecule has 0 atom stereocenters. The Bertz CT molecular complexity index is 792. The van der Waals surface area contributed by atoms with E-state index in [4.69, 9.17) is 0 Å². The van der Waals surface area contributed by atoms with Gasteiger partial charge in [0.25, 0.3) is 0 Å². The zero-order valence-corrected chi connectivity index (χ0v) is 10.6. The molecule has 98 valence electrons. The maximum Gasteiger partial charge on any atom is 0.340 e. The smallest absolute Gasteiger partial charge is 0.340 e. The lowest BCUT2D eigenvalue weighted by molar-refractivity contribution is 0.0695. The molecule has 3 nitrogen and oxygen atoms in total.